The van der Waals surface area contributed by atoms with E-state index in [1.807, 2.05) is 11.4 Å². The maximum Gasteiger partial charge on any atom is 0.243 e. The third-order valence-corrected chi connectivity index (χ3v) is 7.62. The summed E-state index contributed by atoms with van der Waals surface area (Å²) in [6, 6.07) is 10.5. The van der Waals surface area contributed by atoms with Gasteiger partial charge in [-0.2, -0.15) is 4.31 Å². The summed E-state index contributed by atoms with van der Waals surface area (Å²) in [5, 5.41) is 5.18. The number of sulfonamides is 1. The van der Waals surface area contributed by atoms with Crippen LogP contribution in [-0.2, 0) is 16.4 Å². The molecule has 146 valence electrons. The quantitative estimate of drug-likeness (QED) is 0.540. The lowest BCUT2D eigenvalue weighted by atomic mass is 10.0. The summed E-state index contributed by atoms with van der Waals surface area (Å²) in [6.07, 6.45) is 2.82. The van der Waals surface area contributed by atoms with Gasteiger partial charge in [0.15, 0.2) is 5.78 Å². The van der Waals surface area contributed by atoms with Crippen molar-refractivity contribution in [3.63, 3.8) is 0 Å². The van der Waals surface area contributed by atoms with Crippen molar-refractivity contribution in [2.24, 2.45) is 5.92 Å². The minimum atomic E-state index is -3.54. The Hall–Kier alpha value is -1.54. The van der Waals surface area contributed by atoms with Gasteiger partial charge in [-0.05, 0) is 48.8 Å². The third kappa shape index (κ3) is 5.25. The number of rotatable bonds is 8. The van der Waals surface area contributed by atoms with Gasteiger partial charge in [0.05, 0.1) is 11.4 Å². The van der Waals surface area contributed by atoms with E-state index >= 15 is 0 Å². The van der Waals surface area contributed by atoms with Crippen LogP contribution in [0, 0.1) is 5.92 Å². The molecule has 0 aliphatic carbocycles. The standard InChI is InChI=1S/C20H26N2O3S2/c1-16-5-3-11-22(15-16)27(24,25)19-8-2-6-17(13-19)20(23)14-21-10-9-18-7-4-12-26-18/h2,4,6-8,12-13,16,21H,3,5,9-11,14-15H2,1H3. The van der Waals surface area contributed by atoms with Crippen LogP contribution in [0.2, 0.25) is 0 Å². The van der Waals surface area contributed by atoms with Crippen LogP contribution in [0.5, 0.6) is 0 Å². The molecular formula is C20H26N2O3S2. The predicted molar refractivity (Wildman–Crippen MR) is 109 cm³/mol. The predicted octanol–water partition coefficient (Wildman–Crippen LogP) is 3.18. The summed E-state index contributed by atoms with van der Waals surface area (Å²) in [7, 11) is -3.54. The van der Waals surface area contributed by atoms with Crippen LogP contribution in [0.15, 0.2) is 46.7 Å². The Labute approximate surface area is 165 Å². The monoisotopic (exact) mass is 406 g/mol. The number of hydrogen-bond acceptors (Lipinski definition) is 5. The summed E-state index contributed by atoms with van der Waals surface area (Å²) in [5.41, 5.74) is 0.435. The number of Topliss-reactive ketones (excluding diaryl/α,β-unsaturated/α-hetero) is 1. The Balaban J connectivity index is 1.61. The highest BCUT2D eigenvalue weighted by atomic mass is 32.2. The van der Waals surface area contributed by atoms with E-state index in [-0.39, 0.29) is 17.2 Å². The van der Waals surface area contributed by atoms with Crippen LogP contribution in [-0.4, -0.2) is 44.7 Å². The van der Waals surface area contributed by atoms with Crippen molar-refractivity contribution in [2.45, 2.75) is 31.1 Å². The number of hydrogen-bond donors (Lipinski definition) is 1. The van der Waals surface area contributed by atoms with E-state index in [1.165, 1.54) is 10.9 Å². The molecule has 27 heavy (non-hydrogen) atoms. The Bertz CT molecular complexity index is 863. The molecule has 1 aliphatic heterocycles. The number of carbonyl (C=O) groups is 1. The van der Waals surface area contributed by atoms with Gasteiger partial charge in [-0.15, -0.1) is 11.3 Å². The minimum absolute atomic E-state index is 0.0924. The second-order valence-electron chi connectivity index (χ2n) is 7.07. The van der Waals surface area contributed by atoms with Crippen LogP contribution >= 0.6 is 11.3 Å². The molecule has 5 nitrogen and oxygen atoms in total. The molecule has 1 N–H and O–H groups in total. The first-order valence-corrected chi connectivity index (χ1v) is 11.7. The van der Waals surface area contributed by atoms with Crippen molar-refractivity contribution in [3.05, 3.63) is 52.2 Å². The molecule has 1 saturated heterocycles. The summed E-state index contributed by atoms with van der Waals surface area (Å²) in [5.74, 6) is 0.274. The Morgan fingerprint density at radius 1 is 1.30 bits per heavy atom. The van der Waals surface area contributed by atoms with Crippen LogP contribution in [0.1, 0.15) is 35.0 Å². The molecule has 0 radical (unpaired) electrons. The van der Waals surface area contributed by atoms with Gasteiger partial charge in [-0.3, -0.25) is 4.79 Å². The van der Waals surface area contributed by atoms with Crippen molar-refractivity contribution >= 4 is 27.1 Å². The third-order valence-electron chi connectivity index (χ3n) is 4.83. The van der Waals surface area contributed by atoms with Gasteiger partial charge < -0.3 is 5.32 Å². The normalized spacial score (nSPS) is 18.5. The number of piperidine rings is 1. The highest BCUT2D eigenvalue weighted by Gasteiger charge is 2.29. The van der Waals surface area contributed by atoms with E-state index in [0.717, 1.165) is 25.8 Å². The Morgan fingerprint density at radius 3 is 2.89 bits per heavy atom. The fraction of sp³-hybridized carbons (Fsp3) is 0.450. The lowest BCUT2D eigenvalue weighted by molar-refractivity contribution is 0.0991. The van der Waals surface area contributed by atoms with E-state index < -0.39 is 10.0 Å². The van der Waals surface area contributed by atoms with Crippen molar-refractivity contribution in [1.82, 2.24) is 9.62 Å². The molecule has 0 spiro atoms. The number of thiophene rings is 1. The number of benzene rings is 1. The molecule has 1 unspecified atom stereocenters. The summed E-state index contributed by atoms with van der Waals surface area (Å²) in [4.78, 5) is 13.9. The van der Waals surface area contributed by atoms with Crippen molar-refractivity contribution in [2.75, 3.05) is 26.2 Å². The fourth-order valence-electron chi connectivity index (χ4n) is 3.31. The number of ketones is 1. The molecule has 1 atom stereocenters. The molecule has 1 fully saturated rings. The van der Waals surface area contributed by atoms with Gasteiger partial charge in [0, 0.05) is 30.1 Å². The van der Waals surface area contributed by atoms with E-state index in [0.29, 0.717) is 24.6 Å². The first-order valence-electron chi connectivity index (χ1n) is 9.33. The second-order valence-corrected chi connectivity index (χ2v) is 10.0. The van der Waals surface area contributed by atoms with E-state index in [1.54, 1.807) is 33.8 Å². The van der Waals surface area contributed by atoms with E-state index in [9.17, 15) is 13.2 Å². The zero-order valence-electron chi connectivity index (χ0n) is 15.6. The number of carbonyl (C=O) groups excluding carboxylic acids is 1. The molecule has 1 aromatic carbocycles. The SMILES string of the molecule is CC1CCCN(S(=O)(=O)c2cccc(C(=O)CNCCc3cccs3)c2)C1. The average molecular weight is 407 g/mol. The molecule has 2 aromatic rings. The van der Waals surface area contributed by atoms with E-state index in [4.69, 9.17) is 0 Å². The smallest absolute Gasteiger partial charge is 0.243 e. The number of nitrogens with zero attached hydrogens (tertiary/aromatic N) is 1. The summed E-state index contributed by atoms with van der Waals surface area (Å²) in [6.45, 7) is 4.09. The first kappa shape index (κ1) is 20.2. The lowest BCUT2D eigenvalue weighted by Gasteiger charge is -2.30. The lowest BCUT2D eigenvalue weighted by Crippen LogP contribution is -2.39. The highest BCUT2D eigenvalue weighted by Crippen LogP contribution is 2.24. The molecule has 0 amide bonds. The van der Waals surface area contributed by atoms with Crippen molar-refractivity contribution in [1.29, 1.82) is 0 Å². The van der Waals surface area contributed by atoms with Crippen LogP contribution in [0.25, 0.3) is 0 Å². The van der Waals surface area contributed by atoms with Gasteiger partial charge in [-0.1, -0.05) is 25.1 Å². The zero-order chi connectivity index (χ0) is 19.3. The van der Waals surface area contributed by atoms with Gasteiger partial charge in [0.1, 0.15) is 0 Å². The van der Waals surface area contributed by atoms with Gasteiger partial charge >= 0.3 is 0 Å². The molecule has 3 rings (SSSR count). The largest absolute Gasteiger partial charge is 0.309 e. The Morgan fingerprint density at radius 2 is 2.15 bits per heavy atom. The van der Waals surface area contributed by atoms with Gasteiger partial charge in [-0.25, -0.2) is 8.42 Å². The van der Waals surface area contributed by atoms with Crippen molar-refractivity contribution in [3.8, 4) is 0 Å². The molecule has 0 saturated carbocycles. The highest BCUT2D eigenvalue weighted by molar-refractivity contribution is 7.89. The Kier molecular flexibility index (Phi) is 6.81. The van der Waals surface area contributed by atoms with E-state index in [2.05, 4.69) is 18.3 Å². The van der Waals surface area contributed by atoms with Crippen molar-refractivity contribution < 1.29 is 13.2 Å². The topological polar surface area (TPSA) is 66.5 Å². The van der Waals surface area contributed by atoms with Crippen LogP contribution < -0.4 is 5.32 Å². The fourth-order valence-corrected chi connectivity index (χ4v) is 5.67. The molecule has 1 aromatic heterocycles. The van der Waals surface area contributed by atoms with Gasteiger partial charge in [0.2, 0.25) is 10.0 Å². The summed E-state index contributed by atoms with van der Waals surface area (Å²) >= 11 is 1.70. The molecule has 1 aliphatic rings. The molecule has 7 heteroatoms. The minimum Gasteiger partial charge on any atom is -0.309 e. The molecule has 2 heterocycles. The van der Waals surface area contributed by atoms with Crippen LogP contribution in [0.4, 0.5) is 0 Å². The average Bonchev–Trinajstić information content (AvgIpc) is 3.18. The number of nitrogens with one attached hydrogen (secondary N) is 1. The second kappa shape index (κ2) is 9.10. The maximum absolute atomic E-state index is 12.9. The summed E-state index contributed by atoms with van der Waals surface area (Å²) < 4.78 is 27.3. The van der Waals surface area contributed by atoms with Gasteiger partial charge in [0.25, 0.3) is 0 Å². The van der Waals surface area contributed by atoms with Crippen LogP contribution in [0.3, 0.4) is 0 Å². The molecule has 0 bridgehead atoms. The maximum atomic E-state index is 12.9. The molecular weight excluding hydrogens is 380 g/mol. The first-order chi connectivity index (χ1) is 13.0. The zero-order valence-corrected chi connectivity index (χ0v) is 17.2.